The van der Waals surface area contributed by atoms with Crippen molar-refractivity contribution in [2.75, 3.05) is 26.8 Å². The molecule has 0 aromatic heterocycles. The van der Waals surface area contributed by atoms with E-state index in [-0.39, 0.29) is 0 Å². The summed E-state index contributed by atoms with van der Waals surface area (Å²) in [6.45, 7) is 7.56. The number of nitrogens with zero attached hydrogens (tertiary/aromatic N) is 1. The Hall–Kier alpha value is -0.900. The first kappa shape index (κ1) is 15.5. The molecular weight excluding hydrogens is 248 g/mol. The first-order chi connectivity index (χ1) is 9.72. The van der Waals surface area contributed by atoms with Crippen LogP contribution in [0.2, 0.25) is 0 Å². The number of hydrogen-bond donors (Lipinski definition) is 1. The number of nitrogens with one attached hydrogen (secondary N) is 1. The van der Waals surface area contributed by atoms with Gasteiger partial charge in [0, 0.05) is 25.7 Å². The summed E-state index contributed by atoms with van der Waals surface area (Å²) in [5.41, 5.74) is 1.35. The summed E-state index contributed by atoms with van der Waals surface area (Å²) in [6.07, 6.45) is 2.59. The fourth-order valence-electron chi connectivity index (χ4n) is 3.08. The van der Waals surface area contributed by atoms with Crippen LogP contribution in [0.1, 0.15) is 38.3 Å². The predicted octanol–water partition coefficient (Wildman–Crippen LogP) is 2.84. The van der Waals surface area contributed by atoms with Crippen LogP contribution in [0.4, 0.5) is 0 Å². The molecule has 1 saturated heterocycles. The molecule has 1 heterocycles. The Morgan fingerprint density at radius 1 is 1.30 bits per heavy atom. The fourth-order valence-corrected chi connectivity index (χ4v) is 3.08. The van der Waals surface area contributed by atoms with Crippen molar-refractivity contribution in [2.45, 2.75) is 44.8 Å². The fraction of sp³-hybridized carbons (Fsp3) is 0.647. The molecule has 0 bridgehead atoms. The van der Waals surface area contributed by atoms with E-state index in [9.17, 15) is 0 Å². The first-order valence-electron chi connectivity index (χ1n) is 7.75. The minimum absolute atomic E-state index is 0.337. The second-order valence-corrected chi connectivity index (χ2v) is 5.97. The van der Waals surface area contributed by atoms with Crippen LogP contribution in [0.15, 0.2) is 30.3 Å². The molecule has 3 heteroatoms. The molecule has 112 valence electrons. The lowest BCUT2D eigenvalue weighted by Gasteiger charge is -2.36. The normalized spacial score (nSPS) is 20.8. The zero-order valence-corrected chi connectivity index (χ0v) is 13.0. The van der Waals surface area contributed by atoms with E-state index in [1.165, 1.54) is 18.4 Å². The van der Waals surface area contributed by atoms with Crippen LogP contribution in [0.3, 0.4) is 0 Å². The zero-order chi connectivity index (χ0) is 14.4. The highest BCUT2D eigenvalue weighted by molar-refractivity contribution is 5.19. The minimum atomic E-state index is 0.337. The quantitative estimate of drug-likeness (QED) is 0.829. The van der Waals surface area contributed by atoms with Crippen molar-refractivity contribution in [2.24, 2.45) is 0 Å². The molecule has 3 nitrogen and oxygen atoms in total. The second kappa shape index (κ2) is 7.77. The van der Waals surface area contributed by atoms with Gasteiger partial charge in [-0.2, -0.15) is 0 Å². The molecule has 0 aliphatic carbocycles. The summed E-state index contributed by atoms with van der Waals surface area (Å²) >= 11 is 0. The van der Waals surface area contributed by atoms with Gasteiger partial charge in [0.15, 0.2) is 0 Å². The summed E-state index contributed by atoms with van der Waals surface area (Å²) < 4.78 is 5.49. The van der Waals surface area contributed by atoms with E-state index in [1.54, 1.807) is 7.11 Å². The van der Waals surface area contributed by atoms with Gasteiger partial charge in [-0.1, -0.05) is 30.3 Å². The number of ether oxygens (including phenoxy) is 1. The Labute approximate surface area is 123 Å². The molecular formula is C17H28N2O. The van der Waals surface area contributed by atoms with Gasteiger partial charge in [0.25, 0.3) is 0 Å². The SMILES string of the molecule is COCC(c1ccccc1)N(CC1CCCN1)C(C)C. The zero-order valence-electron chi connectivity index (χ0n) is 13.0. The first-order valence-corrected chi connectivity index (χ1v) is 7.75. The maximum absolute atomic E-state index is 5.49. The van der Waals surface area contributed by atoms with E-state index in [4.69, 9.17) is 4.74 Å². The van der Waals surface area contributed by atoms with Crippen molar-refractivity contribution in [3.8, 4) is 0 Å². The Morgan fingerprint density at radius 2 is 2.05 bits per heavy atom. The van der Waals surface area contributed by atoms with E-state index >= 15 is 0 Å². The van der Waals surface area contributed by atoms with E-state index in [2.05, 4.69) is 54.4 Å². The van der Waals surface area contributed by atoms with Gasteiger partial charge in [-0.05, 0) is 38.8 Å². The number of rotatable bonds is 7. The third-order valence-corrected chi connectivity index (χ3v) is 4.17. The predicted molar refractivity (Wildman–Crippen MR) is 83.9 cm³/mol. The lowest BCUT2D eigenvalue weighted by atomic mass is 10.0. The van der Waals surface area contributed by atoms with Crippen LogP contribution in [0, 0.1) is 0 Å². The molecule has 0 radical (unpaired) electrons. The highest BCUT2D eigenvalue weighted by Gasteiger charge is 2.26. The van der Waals surface area contributed by atoms with E-state index < -0.39 is 0 Å². The molecule has 2 atom stereocenters. The standard InChI is InChI=1S/C17H28N2O/c1-14(2)19(12-16-10-7-11-18-16)17(13-20-3)15-8-5-4-6-9-15/h4-6,8-9,14,16-18H,7,10-13H2,1-3H3. The van der Waals surface area contributed by atoms with Gasteiger partial charge in [0.05, 0.1) is 12.6 Å². The number of hydrogen-bond acceptors (Lipinski definition) is 3. The van der Waals surface area contributed by atoms with Crippen LogP contribution in [0.5, 0.6) is 0 Å². The highest BCUT2D eigenvalue weighted by atomic mass is 16.5. The van der Waals surface area contributed by atoms with Gasteiger partial charge < -0.3 is 10.1 Å². The van der Waals surface area contributed by atoms with Gasteiger partial charge in [-0.3, -0.25) is 4.90 Å². The van der Waals surface area contributed by atoms with Crippen molar-refractivity contribution >= 4 is 0 Å². The van der Waals surface area contributed by atoms with Crippen LogP contribution in [0.25, 0.3) is 0 Å². The molecule has 1 N–H and O–H groups in total. The molecule has 1 fully saturated rings. The molecule has 1 aliphatic heterocycles. The molecule has 0 spiro atoms. The van der Waals surface area contributed by atoms with Crippen molar-refractivity contribution in [3.63, 3.8) is 0 Å². The third kappa shape index (κ3) is 4.05. The number of methoxy groups -OCH3 is 1. The van der Waals surface area contributed by atoms with E-state index in [1.807, 2.05) is 0 Å². The molecule has 1 aromatic rings. The Balaban J connectivity index is 2.13. The Bertz CT molecular complexity index is 374. The maximum Gasteiger partial charge on any atom is 0.0659 e. The van der Waals surface area contributed by atoms with Gasteiger partial charge in [0.1, 0.15) is 0 Å². The summed E-state index contributed by atoms with van der Waals surface area (Å²) in [5.74, 6) is 0. The average Bonchev–Trinajstić information content (AvgIpc) is 2.96. The van der Waals surface area contributed by atoms with Crippen LogP contribution in [-0.4, -0.2) is 43.8 Å². The van der Waals surface area contributed by atoms with E-state index in [0.717, 1.165) is 19.7 Å². The van der Waals surface area contributed by atoms with Gasteiger partial charge in [0.2, 0.25) is 0 Å². The summed E-state index contributed by atoms with van der Waals surface area (Å²) in [4.78, 5) is 2.57. The lowest BCUT2D eigenvalue weighted by molar-refractivity contribution is 0.0634. The van der Waals surface area contributed by atoms with Gasteiger partial charge >= 0.3 is 0 Å². The number of benzene rings is 1. The molecule has 1 aromatic carbocycles. The average molecular weight is 276 g/mol. The van der Waals surface area contributed by atoms with Crippen molar-refractivity contribution in [1.82, 2.24) is 10.2 Å². The molecule has 1 aliphatic rings. The van der Waals surface area contributed by atoms with Crippen LogP contribution in [-0.2, 0) is 4.74 Å². The highest BCUT2D eigenvalue weighted by Crippen LogP contribution is 2.24. The molecule has 0 saturated carbocycles. The Kier molecular flexibility index (Phi) is 6.02. The van der Waals surface area contributed by atoms with Crippen LogP contribution >= 0.6 is 0 Å². The monoisotopic (exact) mass is 276 g/mol. The molecule has 2 rings (SSSR count). The topological polar surface area (TPSA) is 24.5 Å². The van der Waals surface area contributed by atoms with Gasteiger partial charge in [-0.15, -0.1) is 0 Å². The lowest BCUT2D eigenvalue weighted by Crippen LogP contribution is -2.44. The second-order valence-electron chi connectivity index (χ2n) is 5.97. The minimum Gasteiger partial charge on any atom is -0.383 e. The molecule has 2 unspecified atom stereocenters. The van der Waals surface area contributed by atoms with Crippen molar-refractivity contribution in [1.29, 1.82) is 0 Å². The molecule has 20 heavy (non-hydrogen) atoms. The summed E-state index contributed by atoms with van der Waals surface area (Å²) in [6, 6.07) is 12.2. The smallest absolute Gasteiger partial charge is 0.0659 e. The molecule has 0 amide bonds. The van der Waals surface area contributed by atoms with Crippen molar-refractivity contribution < 1.29 is 4.74 Å². The Morgan fingerprint density at radius 3 is 2.60 bits per heavy atom. The van der Waals surface area contributed by atoms with Crippen molar-refractivity contribution in [3.05, 3.63) is 35.9 Å². The van der Waals surface area contributed by atoms with Gasteiger partial charge in [-0.25, -0.2) is 0 Å². The van der Waals surface area contributed by atoms with Crippen LogP contribution < -0.4 is 5.32 Å². The maximum atomic E-state index is 5.49. The summed E-state index contributed by atoms with van der Waals surface area (Å²) in [5, 5.41) is 3.61. The summed E-state index contributed by atoms with van der Waals surface area (Å²) in [7, 11) is 1.79. The third-order valence-electron chi connectivity index (χ3n) is 4.17. The largest absolute Gasteiger partial charge is 0.383 e. The van der Waals surface area contributed by atoms with E-state index in [0.29, 0.717) is 18.1 Å².